The fraction of sp³-hybridized carbons (Fsp3) is 0.154. The fourth-order valence-corrected chi connectivity index (χ4v) is 2.31. The third-order valence-electron chi connectivity index (χ3n) is 2.84. The quantitative estimate of drug-likeness (QED) is 0.715. The first-order chi connectivity index (χ1) is 8.34. The summed E-state index contributed by atoms with van der Waals surface area (Å²) in [5, 5.41) is 0. The lowest BCUT2D eigenvalue weighted by atomic mass is 10.3. The van der Waals surface area contributed by atoms with Gasteiger partial charge in [0.25, 0.3) is 0 Å². The second kappa shape index (κ2) is 4.22. The van der Waals surface area contributed by atoms with Crippen LogP contribution in [0.3, 0.4) is 0 Å². The molecule has 0 radical (unpaired) electrons. The van der Waals surface area contributed by atoms with Gasteiger partial charge in [-0.15, -0.1) is 0 Å². The van der Waals surface area contributed by atoms with Crippen LogP contribution >= 0.6 is 12.2 Å². The molecule has 0 saturated heterocycles. The molecule has 0 atom stereocenters. The van der Waals surface area contributed by atoms with E-state index in [1.807, 2.05) is 30.3 Å². The van der Waals surface area contributed by atoms with Crippen LogP contribution in [-0.2, 0) is 13.0 Å². The Hall–Kier alpha value is -1.81. The van der Waals surface area contributed by atoms with Gasteiger partial charge in [-0.3, -0.25) is 0 Å². The van der Waals surface area contributed by atoms with Crippen molar-refractivity contribution >= 4 is 23.3 Å². The van der Waals surface area contributed by atoms with E-state index in [0.717, 1.165) is 34.5 Å². The summed E-state index contributed by atoms with van der Waals surface area (Å²) in [4.78, 5) is 3.20. The molecule has 3 nitrogen and oxygen atoms in total. The van der Waals surface area contributed by atoms with Crippen molar-refractivity contribution in [3.8, 4) is 0 Å². The van der Waals surface area contributed by atoms with E-state index in [2.05, 4.69) is 15.6 Å². The molecule has 0 saturated carbocycles. The third-order valence-corrected chi connectivity index (χ3v) is 3.17. The van der Waals surface area contributed by atoms with Crippen molar-refractivity contribution in [3.63, 3.8) is 0 Å². The molecule has 0 fully saturated rings. The molecular weight excluding hydrogens is 232 g/mol. The van der Waals surface area contributed by atoms with Crippen molar-refractivity contribution in [1.82, 2.24) is 9.55 Å². The fourth-order valence-electron chi connectivity index (χ4n) is 2.01. The minimum absolute atomic E-state index is 0.762. The number of H-pyrrole nitrogens is 1. The molecule has 0 aliphatic heterocycles. The lowest BCUT2D eigenvalue weighted by molar-refractivity contribution is 0.492. The van der Waals surface area contributed by atoms with Crippen LogP contribution in [0.2, 0.25) is 0 Å². The SMILES string of the molecule is S=c1[nH]c2ccccc2n1CCc1ccco1. The topological polar surface area (TPSA) is 33.9 Å². The van der Waals surface area contributed by atoms with Gasteiger partial charge in [-0.05, 0) is 36.5 Å². The van der Waals surface area contributed by atoms with E-state index in [9.17, 15) is 0 Å². The highest BCUT2D eigenvalue weighted by molar-refractivity contribution is 7.71. The summed E-state index contributed by atoms with van der Waals surface area (Å²) in [5.74, 6) is 0.984. The van der Waals surface area contributed by atoms with E-state index in [1.54, 1.807) is 6.26 Å². The van der Waals surface area contributed by atoms with Crippen LogP contribution < -0.4 is 0 Å². The molecule has 4 heteroatoms. The number of hydrogen-bond acceptors (Lipinski definition) is 2. The summed E-state index contributed by atoms with van der Waals surface area (Å²) >= 11 is 5.32. The van der Waals surface area contributed by atoms with Gasteiger partial charge < -0.3 is 14.0 Å². The number of benzene rings is 1. The van der Waals surface area contributed by atoms with Crippen molar-refractivity contribution in [2.75, 3.05) is 0 Å². The predicted octanol–water partition coefficient (Wildman–Crippen LogP) is 3.53. The van der Waals surface area contributed by atoms with Crippen LogP contribution in [-0.4, -0.2) is 9.55 Å². The Balaban J connectivity index is 1.94. The van der Waals surface area contributed by atoms with Crippen LogP contribution in [0.4, 0.5) is 0 Å². The maximum absolute atomic E-state index is 5.33. The van der Waals surface area contributed by atoms with Gasteiger partial charge in [-0.25, -0.2) is 0 Å². The Labute approximate surface area is 104 Å². The first-order valence-electron chi connectivity index (χ1n) is 5.54. The highest BCUT2D eigenvalue weighted by atomic mass is 32.1. The smallest absolute Gasteiger partial charge is 0.178 e. The van der Waals surface area contributed by atoms with Crippen molar-refractivity contribution in [1.29, 1.82) is 0 Å². The number of aromatic amines is 1. The van der Waals surface area contributed by atoms with E-state index in [0.29, 0.717) is 0 Å². The summed E-state index contributed by atoms with van der Waals surface area (Å²) in [6.07, 6.45) is 2.55. The zero-order valence-electron chi connectivity index (χ0n) is 9.22. The number of para-hydroxylation sites is 2. The van der Waals surface area contributed by atoms with Crippen LogP contribution in [0.1, 0.15) is 5.76 Å². The van der Waals surface area contributed by atoms with Crippen LogP contribution in [0, 0.1) is 4.77 Å². The van der Waals surface area contributed by atoms with Gasteiger partial charge in [0, 0.05) is 13.0 Å². The van der Waals surface area contributed by atoms with E-state index >= 15 is 0 Å². The monoisotopic (exact) mass is 244 g/mol. The molecular formula is C13H12N2OS. The number of hydrogen-bond donors (Lipinski definition) is 1. The molecule has 2 aromatic heterocycles. The van der Waals surface area contributed by atoms with Gasteiger partial charge in [0.2, 0.25) is 0 Å². The average molecular weight is 244 g/mol. The molecule has 17 heavy (non-hydrogen) atoms. The summed E-state index contributed by atoms with van der Waals surface area (Å²) in [6, 6.07) is 12.0. The summed E-state index contributed by atoms with van der Waals surface area (Å²) in [7, 11) is 0. The first kappa shape index (κ1) is 10.4. The second-order valence-corrected chi connectivity index (χ2v) is 4.32. The van der Waals surface area contributed by atoms with Gasteiger partial charge in [0.05, 0.1) is 17.3 Å². The first-order valence-corrected chi connectivity index (χ1v) is 5.95. The molecule has 3 rings (SSSR count). The molecule has 1 N–H and O–H groups in total. The van der Waals surface area contributed by atoms with E-state index in [4.69, 9.17) is 16.6 Å². The minimum Gasteiger partial charge on any atom is -0.469 e. The number of aromatic nitrogens is 2. The predicted molar refractivity (Wildman–Crippen MR) is 69.5 cm³/mol. The molecule has 0 bridgehead atoms. The number of rotatable bonds is 3. The molecule has 0 aliphatic carbocycles. The van der Waals surface area contributed by atoms with Crippen molar-refractivity contribution in [2.45, 2.75) is 13.0 Å². The van der Waals surface area contributed by atoms with Crippen LogP contribution in [0.15, 0.2) is 47.1 Å². The van der Waals surface area contributed by atoms with Gasteiger partial charge in [-0.1, -0.05) is 12.1 Å². The zero-order valence-corrected chi connectivity index (χ0v) is 10.0. The van der Waals surface area contributed by atoms with Crippen LogP contribution in [0.5, 0.6) is 0 Å². The van der Waals surface area contributed by atoms with Gasteiger partial charge in [0.1, 0.15) is 5.76 Å². The number of nitrogens with zero attached hydrogens (tertiary/aromatic N) is 1. The number of nitrogens with one attached hydrogen (secondary N) is 1. The third kappa shape index (κ3) is 1.91. The lowest BCUT2D eigenvalue weighted by Crippen LogP contribution is -2.00. The molecule has 86 valence electrons. The molecule has 3 aromatic rings. The second-order valence-electron chi connectivity index (χ2n) is 3.93. The molecule has 2 heterocycles. The Morgan fingerprint density at radius 2 is 2.06 bits per heavy atom. The van der Waals surface area contributed by atoms with E-state index < -0.39 is 0 Å². The number of furan rings is 1. The molecule has 0 spiro atoms. The highest BCUT2D eigenvalue weighted by Crippen LogP contribution is 2.14. The van der Waals surface area contributed by atoms with Crippen LogP contribution in [0.25, 0.3) is 11.0 Å². The average Bonchev–Trinajstić information content (AvgIpc) is 2.93. The molecule has 0 unspecified atom stereocenters. The number of fused-ring (bicyclic) bond motifs is 1. The Morgan fingerprint density at radius 1 is 1.18 bits per heavy atom. The maximum atomic E-state index is 5.33. The summed E-state index contributed by atoms with van der Waals surface area (Å²) in [5.41, 5.74) is 2.22. The maximum Gasteiger partial charge on any atom is 0.178 e. The summed E-state index contributed by atoms with van der Waals surface area (Å²) in [6.45, 7) is 0.830. The zero-order chi connectivity index (χ0) is 11.7. The van der Waals surface area contributed by atoms with Crippen molar-refractivity contribution in [2.24, 2.45) is 0 Å². The standard InChI is InChI=1S/C13H12N2OS/c17-13-14-11-5-1-2-6-12(11)15(13)8-7-10-4-3-9-16-10/h1-6,9H,7-8H2,(H,14,17). The van der Waals surface area contributed by atoms with Gasteiger partial charge in [-0.2, -0.15) is 0 Å². The molecule has 1 aromatic carbocycles. The summed E-state index contributed by atoms with van der Waals surface area (Å²) < 4.78 is 8.19. The lowest BCUT2D eigenvalue weighted by Gasteiger charge is -2.02. The van der Waals surface area contributed by atoms with Crippen molar-refractivity contribution in [3.05, 3.63) is 53.2 Å². The molecule has 0 amide bonds. The Bertz CT molecular complexity index is 679. The van der Waals surface area contributed by atoms with E-state index in [-0.39, 0.29) is 0 Å². The van der Waals surface area contributed by atoms with Gasteiger partial charge >= 0.3 is 0 Å². The largest absolute Gasteiger partial charge is 0.469 e. The Morgan fingerprint density at radius 3 is 2.88 bits per heavy atom. The minimum atomic E-state index is 0.762. The van der Waals surface area contributed by atoms with Gasteiger partial charge in [0.15, 0.2) is 4.77 Å². The Kier molecular flexibility index (Phi) is 2.57. The number of imidazole rings is 1. The van der Waals surface area contributed by atoms with E-state index in [1.165, 1.54) is 0 Å². The van der Waals surface area contributed by atoms with Crippen molar-refractivity contribution < 1.29 is 4.42 Å². The number of aryl methyl sites for hydroxylation is 2. The highest BCUT2D eigenvalue weighted by Gasteiger charge is 2.04. The normalized spacial score (nSPS) is 11.1. The molecule has 0 aliphatic rings.